The highest BCUT2D eigenvalue weighted by molar-refractivity contribution is 7.89. The summed E-state index contributed by atoms with van der Waals surface area (Å²) in [6.07, 6.45) is 1.41. The highest BCUT2D eigenvalue weighted by atomic mass is 32.2. The van der Waals surface area contributed by atoms with Gasteiger partial charge in [-0.25, -0.2) is 4.83 Å². The maximum absolute atomic E-state index is 12.6. The van der Waals surface area contributed by atoms with Crippen LogP contribution in [0.3, 0.4) is 0 Å². The second kappa shape index (κ2) is 9.99. The van der Waals surface area contributed by atoms with E-state index in [1.54, 1.807) is 12.1 Å². The topological polar surface area (TPSA) is 86.2 Å². The van der Waals surface area contributed by atoms with Crippen LogP contribution in [0.15, 0.2) is 76.7 Å². The third kappa shape index (κ3) is 5.76. The molecule has 0 aliphatic heterocycles. The van der Waals surface area contributed by atoms with Gasteiger partial charge in [0.05, 0.1) is 25.3 Å². The van der Waals surface area contributed by atoms with Crippen LogP contribution < -0.4 is 19.0 Å². The quantitative estimate of drug-likeness (QED) is 0.403. The number of aryl methyl sites for hydroxylation is 1. The predicted octanol–water partition coefficient (Wildman–Crippen LogP) is 3.90. The molecule has 0 aromatic heterocycles. The SMILES string of the molecule is COc1ccc(S(=O)(=O)NN=Cc2ccccc2OCc2cccc(C)c2)cc1OC. The molecule has 3 aromatic rings. The number of sulfonamides is 1. The molecule has 0 unspecified atom stereocenters. The van der Waals surface area contributed by atoms with Crippen molar-refractivity contribution in [3.8, 4) is 17.2 Å². The summed E-state index contributed by atoms with van der Waals surface area (Å²) < 4.78 is 41.3. The van der Waals surface area contributed by atoms with Gasteiger partial charge in [0.1, 0.15) is 12.4 Å². The first-order valence-electron chi connectivity index (χ1n) is 9.47. The maximum atomic E-state index is 12.6. The van der Waals surface area contributed by atoms with Crippen molar-refractivity contribution in [1.29, 1.82) is 0 Å². The Morgan fingerprint density at radius 1 is 0.903 bits per heavy atom. The molecule has 1 N–H and O–H groups in total. The molecule has 0 heterocycles. The van der Waals surface area contributed by atoms with Gasteiger partial charge < -0.3 is 14.2 Å². The van der Waals surface area contributed by atoms with Crippen LogP contribution in [0, 0.1) is 6.92 Å². The number of benzene rings is 3. The fourth-order valence-corrected chi connectivity index (χ4v) is 3.69. The normalized spacial score (nSPS) is 11.3. The molecule has 0 atom stereocenters. The molecule has 0 radical (unpaired) electrons. The van der Waals surface area contributed by atoms with E-state index in [0.717, 1.165) is 11.1 Å². The molecule has 3 rings (SSSR count). The molecule has 0 aliphatic carbocycles. The van der Waals surface area contributed by atoms with Crippen LogP contribution in [0.1, 0.15) is 16.7 Å². The van der Waals surface area contributed by atoms with Crippen molar-refractivity contribution >= 4 is 16.2 Å². The Labute approximate surface area is 182 Å². The molecule has 8 heteroatoms. The molecular formula is C23H24N2O5S. The number of ether oxygens (including phenoxy) is 3. The highest BCUT2D eigenvalue weighted by Gasteiger charge is 2.16. The number of nitrogens with zero attached hydrogens (tertiary/aromatic N) is 1. The average molecular weight is 441 g/mol. The monoisotopic (exact) mass is 440 g/mol. The van der Waals surface area contributed by atoms with Crippen molar-refractivity contribution in [2.75, 3.05) is 14.2 Å². The van der Waals surface area contributed by atoms with Gasteiger partial charge in [0.25, 0.3) is 10.0 Å². The summed E-state index contributed by atoms with van der Waals surface area (Å²) in [5.74, 6) is 1.34. The Morgan fingerprint density at radius 2 is 1.68 bits per heavy atom. The van der Waals surface area contributed by atoms with Crippen LogP contribution in [-0.4, -0.2) is 28.9 Å². The number of hydrogen-bond donors (Lipinski definition) is 1. The summed E-state index contributed by atoms with van der Waals surface area (Å²) in [6, 6.07) is 19.6. The van der Waals surface area contributed by atoms with Gasteiger partial charge in [0, 0.05) is 11.6 Å². The maximum Gasteiger partial charge on any atom is 0.276 e. The van der Waals surface area contributed by atoms with E-state index < -0.39 is 10.0 Å². The molecular weight excluding hydrogens is 416 g/mol. The van der Waals surface area contributed by atoms with Crippen LogP contribution in [-0.2, 0) is 16.6 Å². The van der Waals surface area contributed by atoms with Gasteiger partial charge in [-0.3, -0.25) is 0 Å². The second-order valence-corrected chi connectivity index (χ2v) is 8.35. The molecule has 0 saturated heterocycles. The highest BCUT2D eigenvalue weighted by Crippen LogP contribution is 2.29. The van der Waals surface area contributed by atoms with E-state index in [1.807, 2.05) is 43.3 Å². The van der Waals surface area contributed by atoms with E-state index >= 15 is 0 Å². The van der Waals surface area contributed by atoms with Crippen LogP contribution >= 0.6 is 0 Å². The van der Waals surface area contributed by atoms with Gasteiger partial charge in [0.15, 0.2) is 11.5 Å². The Bertz CT molecular complexity index is 1180. The first kappa shape index (κ1) is 22.2. The summed E-state index contributed by atoms with van der Waals surface area (Å²) in [6.45, 7) is 2.42. The summed E-state index contributed by atoms with van der Waals surface area (Å²) in [5, 5.41) is 3.90. The van der Waals surface area contributed by atoms with Gasteiger partial charge in [-0.05, 0) is 36.8 Å². The lowest BCUT2D eigenvalue weighted by Gasteiger charge is -2.10. The minimum atomic E-state index is -3.89. The number of nitrogens with one attached hydrogen (secondary N) is 1. The van der Waals surface area contributed by atoms with E-state index in [-0.39, 0.29) is 4.90 Å². The van der Waals surface area contributed by atoms with E-state index in [0.29, 0.717) is 29.4 Å². The zero-order valence-electron chi connectivity index (χ0n) is 17.5. The Hall–Kier alpha value is -3.52. The lowest BCUT2D eigenvalue weighted by Crippen LogP contribution is -2.18. The molecule has 0 bridgehead atoms. The number of methoxy groups -OCH3 is 2. The molecule has 162 valence electrons. The predicted molar refractivity (Wildman–Crippen MR) is 119 cm³/mol. The summed E-state index contributed by atoms with van der Waals surface area (Å²) >= 11 is 0. The van der Waals surface area contributed by atoms with Crippen molar-refractivity contribution in [1.82, 2.24) is 4.83 Å². The minimum Gasteiger partial charge on any atom is -0.493 e. The Morgan fingerprint density at radius 3 is 2.42 bits per heavy atom. The zero-order valence-corrected chi connectivity index (χ0v) is 18.3. The van der Waals surface area contributed by atoms with Gasteiger partial charge in [0.2, 0.25) is 0 Å². The van der Waals surface area contributed by atoms with Gasteiger partial charge in [-0.1, -0.05) is 42.0 Å². The second-order valence-electron chi connectivity index (χ2n) is 6.69. The number of hydrazone groups is 1. The number of para-hydroxylation sites is 1. The molecule has 0 amide bonds. The van der Waals surface area contributed by atoms with Crippen LogP contribution in [0.25, 0.3) is 0 Å². The molecule has 3 aromatic carbocycles. The van der Waals surface area contributed by atoms with Crippen molar-refractivity contribution in [3.63, 3.8) is 0 Å². The Kier molecular flexibility index (Phi) is 7.15. The molecule has 31 heavy (non-hydrogen) atoms. The van der Waals surface area contributed by atoms with E-state index in [4.69, 9.17) is 14.2 Å². The van der Waals surface area contributed by atoms with Crippen molar-refractivity contribution in [3.05, 3.63) is 83.4 Å². The third-order valence-corrected chi connectivity index (χ3v) is 5.66. The lowest BCUT2D eigenvalue weighted by atomic mass is 10.1. The molecule has 0 aliphatic rings. The molecule has 0 saturated carbocycles. The van der Waals surface area contributed by atoms with Crippen LogP contribution in [0.4, 0.5) is 0 Å². The molecule has 7 nitrogen and oxygen atoms in total. The van der Waals surface area contributed by atoms with Gasteiger partial charge in [-0.15, -0.1) is 0 Å². The summed E-state index contributed by atoms with van der Waals surface area (Å²) in [7, 11) is -0.968. The van der Waals surface area contributed by atoms with E-state index in [1.165, 1.54) is 38.6 Å². The van der Waals surface area contributed by atoms with Gasteiger partial charge >= 0.3 is 0 Å². The lowest BCUT2D eigenvalue weighted by molar-refractivity contribution is 0.305. The van der Waals surface area contributed by atoms with E-state index in [9.17, 15) is 8.42 Å². The van der Waals surface area contributed by atoms with Crippen LogP contribution in [0.5, 0.6) is 17.2 Å². The fraction of sp³-hybridized carbons (Fsp3) is 0.174. The van der Waals surface area contributed by atoms with Crippen molar-refractivity contribution in [2.45, 2.75) is 18.4 Å². The average Bonchev–Trinajstić information content (AvgIpc) is 2.78. The van der Waals surface area contributed by atoms with Crippen molar-refractivity contribution in [2.24, 2.45) is 5.10 Å². The fourth-order valence-electron chi connectivity index (χ4n) is 2.88. The minimum absolute atomic E-state index is 0.00582. The van der Waals surface area contributed by atoms with Crippen LogP contribution in [0.2, 0.25) is 0 Å². The molecule has 0 spiro atoms. The van der Waals surface area contributed by atoms with Gasteiger partial charge in [-0.2, -0.15) is 13.5 Å². The summed E-state index contributed by atoms with van der Waals surface area (Å²) in [5.41, 5.74) is 2.84. The standard InChI is InChI=1S/C23H24N2O5S/c1-17-7-6-8-18(13-17)16-30-21-10-5-4-9-19(21)15-24-25-31(26,27)20-11-12-22(28-2)23(14-20)29-3/h4-15,25H,16H2,1-3H3. The third-order valence-electron chi connectivity index (χ3n) is 4.44. The number of hydrogen-bond acceptors (Lipinski definition) is 6. The smallest absolute Gasteiger partial charge is 0.276 e. The Balaban J connectivity index is 1.72. The number of rotatable bonds is 9. The summed E-state index contributed by atoms with van der Waals surface area (Å²) in [4.78, 5) is 2.22. The zero-order chi connectivity index (χ0) is 22.3. The molecule has 0 fully saturated rings. The largest absolute Gasteiger partial charge is 0.493 e. The first-order valence-corrected chi connectivity index (χ1v) is 11.0. The first-order chi connectivity index (χ1) is 14.9. The van der Waals surface area contributed by atoms with Crippen molar-refractivity contribution < 1.29 is 22.6 Å². The van der Waals surface area contributed by atoms with E-state index in [2.05, 4.69) is 9.93 Å².